The number of hydrogen-bond acceptors (Lipinski definition) is 5. The third-order valence-electron chi connectivity index (χ3n) is 2.47. The van der Waals surface area contributed by atoms with E-state index in [0.717, 1.165) is 16.9 Å². The molecule has 7 nitrogen and oxygen atoms in total. The van der Waals surface area contributed by atoms with Crippen LogP contribution in [0.15, 0.2) is 29.3 Å². The Hall–Kier alpha value is -1.71. The molecule has 21 heavy (non-hydrogen) atoms. The van der Waals surface area contributed by atoms with E-state index in [1.165, 1.54) is 12.1 Å². The van der Waals surface area contributed by atoms with E-state index in [2.05, 4.69) is 5.10 Å². The second kappa shape index (κ2) is 5.58. The Morgan fingerprint density at radius 2 is 2.10 bits per heavy atom. The fourth-order valence-electron chi connectivity index (χ4n) is 1.60. The summed E-state index contributed by atoms with van der Waals surface area (Å²) in [5.74, 6) is -1.56. The highest BCUT2D eigenvalue weighted by molar-refractivity contribution is 8.13. The molecule has 0 aliphatic carbocycles. The van der Waals surface area contributed by atoms with Gasteiger partial charge < -0.3 is 10.1 Å². The molecule has 0 spiro atoms. The Morgan fingerprint density at radius 1 is 1.43 bits per heavy atom. The van der Waals surface area contributed by atoms with Gasteiger partial charge in [-0.15, -0.1) is 0 Å². The quantitative estimate of drug-likeness (QED) is 0.478. The van der Waals surface area contributed by atoms with E-state index in [-0.39, 0.29) is 11.6 Å². The third kappa shape index (κ3) is 3.49. The molecule has 0 fully saturated rings. The Kier molecular flexibility index (Phi) is 4.17. The smallest absolute Gasteiger partial charge is 0.358 e. The normalized spacial score (nSPS) is 11.6. The molecule has 0 atom stereocenters. The van der Waals surface area contributed by atoms with Gasteiger partial charge in [0.1, 0.15) is 5.82 Å². The van der Waals surface area contributed by atoms with Crippen molar-refractivity contribution in [3.63, 3.8) is 0 Å². The van der Waals surface area contributed by atoms with Gasteiger partial charge in [0.05, 0.1) is 22.9 Å². The number of rotatable bonds is 4. The van der Waals surface area contributed by atoms with Gasteiger partial charge in [0, 0.05) is 10.7 Å². The lowest BCUT2D eigenvalue weighted by Gasteiger charge is -2.00. The van der Waals surface area contributed by atoms with Crippen LogP contribution >= 0.6 is 22.3 Å². The molecule has 0 aliphatic rings. The van der Waals surface area contributed by atoms with Gasteiger partial charge >= 0.3 is 5.82 Å². The van der Waals surface area contributed by atoms with Crippen LogP contribution in [0.2, 0.25) is 5.02 Å². The first-order valence-electron chi connectivity index (χ1n) is 5.29. The second-order valence-corrected chi connectivity index (χ2v) is 6.90. The molecule has 2 rings (SSSR count). The van der Waals surface area contributed by atoms with Crippen LogP contribution in [-0.4, -0.2) is 23.1 Å². The van der Waals surface area contributed by atoms with E-state index in [9.17, 15) is 22.9 Å². The number of nitrogens with zero attached hydrogens (tertiary/aromatic N) is 3. The van der Waals surface area contributed by atoms with Crippen molar-refractivity contribution in [1.82, 2.24) is 9.78 Å². The Balaban J connectivity index is 2.41. The van der Waals surface area contributed by atoms with E-state index in [1.807, 2.05) is 0 Å². The molecule has 0 N–H and O–H groups in total. The maximum absolute atomic E-state index is 13.3. The van der Waals surface area contributed by atoms with Crippen LogP contribution in [0.3, 0.4) is 0 Å². The molecule has 0 unspecified atom stereocenters. The van der Waals surface area contributed by atoms with Crippen LogP contribution < -0.4 is 0 Å². The van der Waals surface area contributed by atoms with Gasteiger partial charge in [-0.3, -0.25) is 0 Å². The SMILES string of the molecule is O=[N+]([O-])c1nn(Cc2ccc(Cl)c(F)c2)cc1S(=O)(=O)Cl. The lowest BCUT2D eigenvalue weighted by atomic mass is 10.2. The van der Waals surface area contributed by atoms with Crippen molar-refractivity contribution in [2.45, 2.75) is 11.4 Å². The van der Waals surface area contributed by atoms with Gasteiger partial charge in [-0.1, -0.05) is 17.7 Å². The lowest BCUT2D eigenvalue weighted by molar-refractivity contribution is -0.392. The average molecular weight is 354 g/mol. The van der Waals surface area contributed by atoms with Crippen molar-refractivity contribution >= 4 is 37.2 Å². The summed E-state index contributed by atoms with van der Waals surface area (Å²) in [6.07, 6.45) is 0.910. The summed E-state index contributed by atoms with van der Waals surface area (Å²) in [6.45, 7) is -0.0820. The standard InChI is InChI=1S/C10H6Cl2FN3O4S/c11-7-2-1-6(3-8(7)13)4-15-5-9(21(12,19)20)10(14-15)16(17)18/h1-3,5H,4H2. The van der Waals surface area contributed by atoms with Crippen LogP contribution in [0.1, 0.15) is 5.56 Å². The molecular formula is C10H6Cl2FN3O4S. The van der Waals surface area contributed by atoms with E-state index < -0.39 is 30.5 Å². The number of hydrogen-bond donors (Lipinski definition) is 0. The molecular weight excluding hydrogens is 348 g/mol. The maximum Gasteiger partial charge on any atom is 0.410 e. The molecule has 1 aromatic carbocycles. The highest BCUT2D eigenvalue weighted by Gasteiger charge is 2.29. The summed E-state index contributed by atoms with van der Waals surface area (Å²) in [5.41, 5.74) is 0.396. The van der Waals surface area contributed by atoms with Gasteiger partial charge in [-0.25, -0.2) is 12.8 Å². The molecule has 0 saturated heterocycles. The fourth-order valence-corrected chi connectivity index (χ4v) is 2.62. The third-order valence-corrected chi connectivity index (χ3v) is 4.09. The zero-order valence-corrected chi connectivity index (χ0v) is 12.4. The molecule has 0 amide bonds. The van der Waals surface area contributed by atoms with E-state index in [0.29, 0.717) is 5.56 Å². The summed E-state index contributed by atoms with van der Waals surface area (Å²) in [5, 5.41) is 14.2. The zero-order chi connectivity index (χ0) is 15.8. The summed E-state index contributed by atoms with van der Waals surface area (Å²) in [4.78, 5) is 9.08. The highest BCUT2D eigenvalue weighted by Crippen LogP contribution is 2.25. The van der Waals surface area contributed by atoms with E-state index >= 15 is 0 Å². The summed E-state index contributed by atoms with van der Waals surface area (Å²) >= 11 is 5.53. The first-order valence-corrected chi connectivity index (χ1v) is 7.97. The van der Waals surface area contributed by atoms with Crippen molar-refractivity contribution in [3.05, 3.63) is 50.9 Å². The van der Waals surface area contributed by atoms with Crippen molar-refractivity contribution in [2.75, 3.05) is 0 Å². The fraction of sp³-hybridized carbons (Fsp3) is 0.100. The lowest BCUT2D eigenvalue weighted by Crippen LogP contribution is -2.01. The Labute approximate surface area is 127 Å². The van der Waals surface area contributed by atoms with E-state index in [4.69, 9.17) is 22.3 Å². The predicted molar refractivity (Wildman–Crippen MR) is 72.4 cm³/mol. The first kappa shape index (κ1) is 15.7. The molecule has 1 aromatic heterocycles. The topological polar surface area (TPSA) is 95.1 Å². The largest absolute Gasteiger partial charge is 0.410 e. The van der Waals surface area contributed by atoms with Gasteiger partial charge in [-0.2, -0.15) is 4.68 Å². The molecule has 0 bridgehead atoms. The molecule has 0 radical (unpaired) electrons. The maximum atomic E-state index is 13.3. The van der Waals surface area contributed by atoms with Crippen molar-refractivity contribution in [3.8, 4) is 0 Å². The van der Waals surface area contributed by atoms with Gasteiger partial charge in [0.25, 0.3) is 9.05 Å². The number of benzene rings is 1. The summed E-state index contributed by atoms with van der Waals surface area (Å²) in [7, 11) is 0.794. The molecule has 0 aliphatic heterocycles. The van der Waals surface area contributed by atoms with Crippen LogP contribution in [0.4, 0.5) is 10.2 Å². The number of aromatic nitrogens is 2. The van der Waals surface area contributed by atoms with Crippen LogP contribution in [0.25, 0.3) is 0 Å². The summed E-state index contributed by atoms with van der Waals surface area (Å²) < 4.78 is 36.8. The average Bonchev–Trinajstić information content (AvgIpc) is 2.78. The second-order valence-electron chi connectivity index (χ2n) is 3.96. The molecule has 11 heteroatoms. The minimum Gasteiger partial charge on any atom is -0.358 e. The van der Waals surface area contributed by atoms with Gasteiger partial charge in [-0.05, 0) is 22.6 Å². The summed E-state index contributed by atoms with van der Waals surface area (Å²) in [6, 6.07) is 3.90. The minimum absolute atomic E-state index is 0.0748. The minimum atomic E-state index is -4.31. The molecule has 0 saturated carbocycles. The highest BCUT2D eigenvalue weighted by atomic mass is 35.7. The van der Waals surface area contributed by atoms with Gasteiger partial charge in [0.15, 0.2) is 0 Å². The van der Waals surface area contributed by atoms with Crippen LogP contribution in [0, 0.1) is 15.9 Å². The van der Waals surface area contributed by atoms with Crippen molar-refractivity contribution in [2.24, 2.45) is 0 Å². The van der Waals surface area contributed by atoms with Gasteiger partial charge in [0.2, 0.25) is 4.90 Å². The predicted octanol–water partition coefficient (Wildman–Crippen LogP) is 2.56. The van der Waals surface area contributed by atoms with Crippen LogP contribution in [0.5, 0.6) is 0 Å². The van der Waals surface area contributed by atoms with Crippen molar-refractivity contribution in [1.29, 1.82) is 0 Å². The Morgan fingerprint density at radius 3 is 2.57 bits per heavy atom. The zero-order valence-electron chi connectivity index (χ0n) is 10.0. The number of nitro groups is 1. The molecule has 2 aromatic rings. The Bertz CT molecular complexity index is 822. The molecule has 112 valence electrons. The van der Waals surface area contributed by atoms with Crippen molar-refractivity contribution < 1.29 is 17.7 Å². The van der Waals surface area contributed by atoms with E-state index in [1.54, 1.807) is 0 Å². The first-order chi connectivity index (χ1) is 9.68. The molecule has 1 heterocycles. The number of halogens is 3. The van der Waals surface area contributed by atoms with Crippen LogP contribution in [-0.2, 0) is 15.6 Å². The monoisotopic (exact) mass is 353 g/mol.